The van der Waals surface area contributed by atoms with Crippen LogP contribution in [0.1, 0.15) is 19.8 Å². The van der Waals surface area contributed by atoms with E-state index in [9.17, 15) is 4.79 Å². The summed E-state index contributed by atoms with van der Waals surface area (Å²) in [7, 11) is 0. The second kappa shape index (κ2) is 3.61. The summed E-state index contributed by atoms with van der Waals surface area (Å²) >= 11 is 0. The van der Waals surface area contributed by atoms with Crippen molar-refractivity contribution in [2.75, 3.05) is 0 Å². The summed E-state index contributed by atoms with van der Waals surface area (Å²) in [6, 6.07) is 0. The maximum Gasteiger partial charge on any atom is 0.326 e. The summed E-state index contributed by atoms with van der Waals surface area (Å²) in [5, 5.41) is 0. The van der Waals surface area contributed by atoms with Crippen LogP contribution in [0.2, 0.25) is 0 Å². The van der Waals surface area contributed by atoms with Crippen molar-refractivity contribution in [2.24, 2.45) is 0 Å². The summed E-state index contributed by atoms with van der Waals surface area (Å²) in [5.41, 5.74) is 0. The van der Waals surface area contributed by atoms with Crippen molar-refractivity contribution in [3.8, 4) is 0 Å². The Morgan fingerprint density at radius 2 is 2.43 bits per heavy atom. The first-order valence-electron chi connectivity index (χ1n) is 2.17. The molecule has 0 saturated carbocycles. The van der Waals surface area contributed by atoms with Crippen LogP contribution in [0.4, 0.5) is 0 Å². The van der Waals surface area contributed by atoms with E-state index in [1.165, 1.54) is 0 Å². The number of nitrogens with one attached hydrogen (secondary N) is 1. The van der Waals surface area contributed by atoms with Crippen LogP contribution in [-0.2, 0) is 9.63 Å². The minimum atomic E-state index is -0.456. The summed E-state index contributed by atoms with van der Waals surface area (Å²) in [6.45, 7) is 1.86. The van der Waals surface area contributed by atoms with Crippen molar-refractivity contribution in [3.05, 3.63) is 0 Å². The van der Waals surface area contributed by atoms with Crippen LogP contribution in [0.3, 0.4) is 0 Å². The second-order valence-electron chi connectivity index (χ2n) is 1.22. The van der Waals surface area contributed by atoms with Gasteiger partial charge in [0.2, 0.25) is 0 Å². The lowest BCUT2D eigenvalue weighted by Crippen LogP contribution is -1.99. The lowest BCUT2D eigenvalue weighted by Gasteiger charge is -1.88. The molecule has 3 heteroatoms. The molecule has 0 aromatic carbocycles. The van der Waals surface area contributed by atoms with Gasteiger partial charge in [-0.25, -0.2) is 0 Å². The Labute approximate surface area is 42.4 Å². The van der Waals surface area contributed by atoms with Crippen molar-refractivity contribution < 1.29 is 9.63 Å². The van der Waals surface area contributed by atoms with Gasteiger partial charge in [0.15, 0.2) is 0 Å². The number of hydrogen-bond acceptors (Lipinski definition) is 2. The third-order valence-corrected chi connectivity index (χ3v) is 0.568. The standard InChI is InChI=1S/C4H8NO2/c1-2-3-4(6)7-5/h5H,2-3H2,1H3. The van der Waals surface area contributed by atoms with Gasteiger partial charge in [-0.1, -0.05) is 12.8 Å². The molecule has 0 aliphatic heterocycles. The second-order valence-corrected chi connectivity index (χ2v) is 1.22. The van der Waals surface area contributed by atoms with Crippen LogP contribution in [0.15, 0.2) is 0 Å². The van der Waals surface area contributed by atoms with E-state index in [0.717, 1.165) is 6.42 Å². The third-order valence-electron chi connectivity index (χ3n) is 0.568. The highest BCUT2D eigenvalue weighted by molar-refractivity contribution is 5.68. The summed E-state index contributed by atoms with van der Waals surface area (Å²) < 4.78 is 0. The fraction of sp³-hybridized carbons (Fsp3) is 0.750. The monoisotopic (exact) mass is 102 g/mol. The van der Waals surface area contributed by atoms with Crippen LogP contribution >= 0.6 is 0 Å². The van der Waals surface area contributed by atoms with Gasteiger partial charge in [-0.3, -0.25) is 4.79 Å². The van der Waals surface area contributed by atoms with E-state index >= 15 is 0 Å². The Morgan fingerprint density at radius 3 is 2.57 bits per heavy atom. The molecule has 0 rings (SSSR count). The largest absolute Gasteiger partial charge is 0.353 e. The van der Waals surface area contributed by atoms with Crippen molar-refractivity contribution in [2.45, 2.75) is 19.8 Å². The zero-order valence-electron chi connectivity index (χ0n) is 4.23. The normalized spacial score (nSPS) is 8.29. The van der Waals surface area contributed by atoms with E-state index < -0.39 is 5.97 Å². The Kier molecular flexibility index (Phi) is 3.32. The highest BCUT2D eigenvalue weighted by Crippen LogP contribution is 1.86. The quantitative estimate of drug-likeness (QED) is 0.477. The molecule has 1 N–H and O–H groups in total. The fourth-order valence-electron chi connectivity index (χ4n) is 0.255. The first-order chi connectivity index (χ1) is 3.31. The maximum absolute atomic E-state index is 10.0. The predicted octanol–water partition coefficient (Wildman–Crippen LogP) is 0.528. The van der Waals surface area contributed by atoms with Gasteiger partial charge in [-0.15, -0.1) is 0 Å². The number of carbonyl (C=O) groups is 1. The van der Waals surface area contributed by atoms with Gasteiger partial charge >= 0.3 is 5.97 Å². The molecule has 0 bridgehead atoms. The van der Waals surface area contributed by atoms with Crippen molar-refractivity contribution in [1.29, 1.82) is 0 Å². The lowest BCUT2D eigenvalue weighted by molar-refractivity contribution is -0.145. The van der Waals surface area contributed by atoms with Crippen LogP contribution in [0, 0.1) is 0 Å². The molecule has 0 saturated heterocycles. The number of rotatable bonds is 2. The molecule has 0 aromatic heterocycles. The van der Waals surface area contributed by atoms with E-state index in [4.69, 9.17) is 5.90 Å². The summed E-state index contributed by atoms with van der Waals surface area (Å²) in [6.07, 6.45) is 1.10. The molecule has 0 aliphatic carbocycles. The maximum atomic E-state index is 10.0. The van der Waals surface area contributed by atoms with E-state index in [2.05, 4.69) is 4.84 Å². The van der Waals surface area contributed by atoms with Gasteiger partial charge in [-0.2, -0.15) is 0 Å². The summed E-state index contributed by atoms with van der Waals surface area (Å²) in [5.74, 6) is 5.61. The van der Waals surface area contributed by atoms with E-state index in [1.54, 1.807) is 0 Å². The van der Waals surface area contributed by atoms with Crippen LogP contribution in [0.5, 0.6) is 0 Å². The molecule has 41 valence electrons. The zero-order chi connectivity index (χ0) is 5.70. The molecule has 1 radical (unpaired) electrons. The van der Waals surface area contributed by atoms with E-state index in [-0.39, 0.29) is 0 Å². The molecule has 0 heterocycles. The molecule has 7 heavy (non-hydrogen) atoms. The molecule has 0 amide bonds. The highest BCUT2D eigenvalue weighted by Gasteiger charge is 1.94. The Bertz CT molecular complexity index is 62.7. The van der Waals surface area contributed by atoms with Gasteiger partial charge < -0.3 is 4.84 Å². The van der Waals surface area contributed by atoms with Crippen LogP contribution in [-0.4, -0.2) is 5.97 Å². The highest BCUT2D eigenvalue weighted by atomic mass is 16.7. The lowest BCUT2D eigenvalue weighted by atomic mass is 10.3. The first-order valence-corrected chi connectivity index (χ1v) is 2.17. The van der Waals surface area contributed by atoms with Gasteiger partial charge in [0.1, 0.15) is 0 Å². The van der Waals surface area contributed by atoms with Gasteiger partial charge in [0.05, 0.1) is 0 Å². The van der Waals surface area contributed by atoms with E-state index in [0.29, 0.717) is 6.42 Å². The van der Waals surface area contributed by atoms with E-state index in [1.807, 2.05) is 6.92 Å². The SMILES string of the molecule is CCCC(=O)O[NH]. The molecule has 0 spiro atoms. The Hall–Kier alpha value is -0.570. The minimum Gasteiger partial charge on any atom is -0.353 e. The molecule has 0 aromatic rings. The molecule has 0 aliphatic rings. The Balaban J connectivity index is 3.00. The number of carbonyl (C=O) groups excluding carboxylic acids is 1. The van der Waals surface area contributed by atoms with Gasteiger partial charge in [-0.05, 0) is 6.42 Å². The van der Waals surface area contributed by atoms with Crippen molar-refractivity contribution in [1.82, 2.24) is 5.90 Å². The molecule has 0 atom stereocenters. The molecule has 0 fully saturated rings. The van der Waals surface area contributed by atoms with Crippen LogP contribution < -0.4 is 5.90 Å². The fourth-order valence-corrected chi connectivity index (χ4v) is 0.255. The number of hydrogen-bond donors (Lipinski definition) is 0. The average Bonchev–Trinajstić information content (AvgIpc) is 1.68. The van der Waals surface area contributed by atoms with Gasteiger partial charge in [0, 0.05) is 6.42 Å². The van der Waals surface area contributed by atoms with Crippen molar-refractivity contribution >= 4 is 5.97 Å². The van der Waals surface area contributed by atoms with Gasteiger partial charge in [0.25, 0.3) is 0 Å². The van der Waals surface area contributed by atoms with Crippen molar-refractivity contribution in [3.63, 3.8) is 0 Å². The molecular weight excluding hydrogens is 94.0 g/mol. The van der Waals surface area contributed by atoms with Crippen LogP contribution in [0.25, 0.3) is 0 Å². The molecular formula is C4H8NO2. The zero-order valence-corrected chi connectivity index (χ0v) is 4.23. The molecule has 3 nitrogen and oxygen atoms in total. The molecule has 0 unspecified atom stereocenters. The smallest absolute Gasteiger partial charge is 0.326 e. The minimum absolute atomic E-state index is 0.351. The first kappa shape index (κ1) is 6.43. The predicted molar refractivity (Wildman–Crippen MR) is 24.1 cm³/mol. The topological polar surface area (TPSA) is 50.1 Å². The average molecular weight is 102 g/mol. The summed E-state index contributed by atoms with van der Waals surface area (Å²) in [4.78, 5) is 13.6. The third kappa shape index (κ3) is 3.26. The Morgan fingerprint density at radius 1 is 1.86 bits per heavy atom.